The summed E-state index contributed by atoms with van der Waals surface area (Å²) in [5, 5.41) is -0.159. The molecular weight excluding hydrogens is 268 g/mol. The van der Waals surface area contributed by atoms with Crippen molar-refractivity contribution < 1.29 is 12.8 Å². The molecule has 5 heteroatoms. The Bertz CT molecular complexity index is 615. The number of rotatable bonds is 4. The van der Waals surface area contributed by atoms with Crippen molar-refractivity contribution in [1.82, 2.24) is 0 Å². The van der Waals surface area contributed by atoms with E-state index in [0.29, 0.717) is 4.90 Å². The Hall–Kier alpha value is -1.20. The van der Waals surface area contributed by atoms with Crippen molar-refractivity contribution in [2.75, 3.05) is 0 Å². The fraction of sp³-hybridized carbons (Fsp3) is 0.231. The van der Waals surface area contributed by atoms with E-state index in [0.717, 1.165) is 21.9 Å². The summed E-state index contributed by atoms with van der Waals surface area (Å²) in [7, 11) is -2.40. The molecule has 18 heavy (non-hydrogen) atoms. The Morgan fingerprint density at radius 1 is 1.22 bits per heavy atom. The molecule has 0 spiro atoms. The van der Waals surface area contributed by atoms with Crippen LogP contribution in [0.3, 0.4) is 0 Å². The highest BCUT2D eigenvalue weighted by Crippen LogP contribution is 2.37. The van der Waals surface area contributed by atoms with E-state index in [4.69, 9.17) is 4.42 Å². The van der Waals surface area contributed by atoms with Gasteiger partial charge in [0.25, 0.3) is 0 Å². The molecule has 1 aromatic heterocycles. The maximum Gasteiger partial charge on any atom is 0.230 e. The van der Waals surface area contributed by atoms with Gasteiger partial charge in [-0.1, -0.05) is 18.2 Å². The minimum Gasteiger partial charge on any atom is -0.472 e. The summed E-state index contributed by atoms with van der Waals surface area (Å²) in [6, 6.07) is 8.79. The molecule has 96 valence electrons. The molecule has 0 N–H and O–H groups in total. The van der Waals surface area contributed by atoms with Gasteiger partial charge in [0.2, 0.25) is 8.87 Å². The first-order valence-electron chi connectivity index (χ1n) is 5.52. The minimum absolute atomic E-state index is 0.159. The predicted octanol–water partition coefficient (Wildman–Crippen LogP) is 3.77. The van der Waals surface area contributed by atoms with Crippen molar-refractivity contribution in [2.45, 2.75) is 24.0 Å². The lowest BCUT2D eigenvalue weighted by Gasteiger charge is -2.11. The zero-order valence-corrected chi connectivity index (χ0v) is 11.8. The van der Waals surface area contributed by atoms with Crippen molar-refractivity contribution in [1.29, 1.82) is 0 Å². The first-order valence-corrected chi connectivity index (χ1v) is 8.39. The molecule has 2 aromatic rings. The quantitative estimate of drug-likeness (QED) is 0.801. The molecule has 0 aliphatic rings. The van der Waals surface area contributed by atoms with Crippen LogP contribution >= 0.6 is 10.8 Å². The van der Waals surface area contributed by atoms with Crippen molar-refractivity contribution in [3.05, 3.63) is 54.0 Å². The maximum absolute atomic E-state index is 12.3. The van der Waals surface area contributed by atoms with Gasteiger partial charge in [0.05, 0.1) is 17.4 Å². The van der Waals surface area contributed by atoms with Gasteiger partial charge in [0.1, 0.15) is 0 Å². The maximum atomic E-state index is 12.3. The molecule has 2 rings (SSSR count). The van der Waals surface area contributed by atoms with Crippen molar-refractivity contribution >= 4 is 19.7 Å². The molecule has 1 aromatic carbocycles. The van der Waals surface area contributed by atoms with E-state index in [-0.39, 0.29) is 5.25 Å². The molecule has 0 amide bonds. The molecule has 0 aliphatic heterocycles. The first kappa shape index (κ1) is 13.2. The Kier molecular flexibility index (Phi) is 3.82. The standard InChI is InChI=1S/C13H14O3S2/c1-10-5-3-4-6-13(10)18(14,15)17-11(2)12-7-8-16-9-12/h3-9,11H,1-2H3. The zero-order chi connectivity index (χ0) is 13.2. The third kappa shape index (κ3) is 2.79. The zero-order valence-electron chi connectivity index (χ0n) is 10.2. The Morgan fingerprint density at radius 3 is 2.56 bits per heavy atom. The van der Waals surface area contributed by atoms with Gasteiger partial charge >= 0.3 is 0 Å². The van der Waals surface area contributed by atoms with Crippen LogP contribution in [-0.2, 0) is 8.87 Å². The number of hydrogen-bond acceptors (Lipinski definition) is 4. The molecule has 0 bridgehead atoms. The predicted molar refractivity (Wildman–Crippen MR) is 73.1 cm³/mol. The summed E-state index contributed by atoms with van der Waals surface area (Å²) in [6.07, 6.45) is 3.12. The van der Waals surface area contributed by atoms with E-state index in [1.54, 1.807) is 43.7 Å². The third-order valence-electron chi connectivity index (χ3n) is 2.65. The van der Waals surface area contributed by atoms with Gasteiger partial charge in [0.15, 0.2) is 0 Å². The van der Waals surface area contributed by atoms with Crippen LogP contribution in [0.4, 0.5) is 0 Å². The average Bonchev–Trinajstić information content (AvgIpc) is 2.82. The van der Waals surface area contributed by atoms with Gasteiger partial charge < -0.3 is 4.42 Å². The molecule has 0 saturated carbocycles. The summed E-state index contributed by atoms with van der Waals surface area (Å²) in [5.41, 5.74) is 1.64. The second-order valence-electron chi connectivity index (χ2n) is 4.01. The lowest BCUT2D eigenvalue weighted by Crippen LogP contribution is -2.00. The van der Waals surface area contributed by atoms with E-state index < -0.39 is 8.87 Å². The minimum atomic E-state index is -3.34. The smallest absolute Gasteiger partial charge is 0.230 e. The summed E-state index contributed by atoms with van der Waals surface area (Å²) in [4.78, 5) is 0.380. The van der Waals surface area contributed by atoms with Crippen LogP contribution < -0.4 is 0 Å². The van der Waals surface area contributed by atoms with Crippen LogP contribution in [-0.4, -0.2) is 8.42 Å². The van der Waals surface area contributed by atoms with Crippen LogP contribution in [0.1, 0.15) is 23.3 Å². The van der Waals surface area contributed by atoms with E-state index in [1.807, 2.05) is 13.0 Å². The van der Waals surface area contributed by atoms with Gasteiger partial charge in [-0.05, 0) is 42.3 Å². The largest absolute Gasteiger partial charge is 0.472 e. The summed E-state index contributed by atoms with van der Waals surface area (Å²) < 4.78 is 29.6. The second kappa shape index (κ2) is 5.20. The van der Waals surface area contributed by atoms with E-state index in [9.17, 15) is 8.42 Å². The van der Waals surface area contributed by atoms with Crippen molar-refractivity contribution in [2.24, 2.45) is 0 Å². The van der Waals surface area contributed by atoms with Crippen LogP contribution in [0.15, 0.2) is 52.2 Å². The molecule has 0 aliphatic carbocycles. The number of hydrogen-bond donors (Lipinski definition) is 0. The molecule has 1 atom stereocenters. The van der Waals surface area contributed by atoms with Crippen LogP contribution in [0.5, 0.6) is 0 Å². The van der Waals surface area contributed by atoms with Gasteiger partial charge in [-0.25, -0.2) is 8.42 Å². The SMILES string of the molecule is Cc1ccccc1S(=O)(=O)SC(C)c1ccoc1. The van der Waals surface area contributed by atoms with Crippen molar-refractivity contribution in [3.8, 4) is 0 Å². The molecule has 3 nitrogen and oxygen atoms in total. The Balaban J connectivity index is 2.26. The van der Waals surface area contributed by atoms with Crippen LogP contribution in [0, 0.1) is 6.92 Å². The van der Waals surface area contributed by atoms with E-state index in [2.05, 4.69) is 0 Å². The van der Waals surface area contributed by atoms with Crippen LogP contribution in [0.25, 0.3) is 0 Å². The van der Waals surface area contributed by atoms with Gasteiger partial charge in [-0.3, -0.25) is 0 Å². The molecule has 0 saturated heterocycles. The lowest BCUT2D eigenvalue weighted by molar-refractivity contribution is 0.564. The van der Waals surface area contributed by atoms with E-state index in [1.165, 1.54) is 0 Å². The molecule has 0 radical (unpaired) electrons. The molecule has 1 unspecified atom stereocenters. The number of furan rings is 1. The number of benzene rings is 1. The third-order valence-corrected chi connectivity index (χ3v) is 6.62. The summed E-state index contributed by atoms with van der Waals surface area (Å²) >= 11 is 0. The van der Waals surface area contributed by atoms with Crippen LogP contribution in [0.2, 0.25) is 0 Å². The fourth-order valence-electron chi connectivity index (χ4n) is 1.64. The highest BCUT2D eigenvalue weighted by atomic mass is 33.1. The Morgan fingerprint density at radius 2 is 1.94 bits per heavy atom. The Labute approximate surface area is 111 Å². The molecular formula is C13H14O3S2. The van der Waals surface area contributed by atoms with Crippen molar-refractivity contribution in [3.63, 3.8) is 0 Å². The molecule has 1 heterocycles. The fourth-order valence-corrected chi connectivity index (χ4v) is 5.42. The normalized spacial score (nSPS) is 13.4. The molecule has 0 fully saturated rings. The van der Waals surface area contributed by atoms with Gasteiger partial charge in [-0.2, -0.15) is 0 Å². The monoisotopic (exact) mass is 282 g/mol. The second-order valence-corrected chi connectivity index (χ2v) is 8.16. The van der Waals surface area contributed by atoms with E-state index >= 15 is 0 Å². The topological polar surface area (TPSA) is 47.3 Å². The lowest BCUT2D eigenvalue weighted by atomic mass is 10.2. The summed E-state index contributed by atoms with van der Waals surface area (Å²) in [5.74, 6) is 0. The first-order chi connectivity index (χ1) is 8.50. The highest BCUT2D eigenvalue weighted by molar-refractivity contribution is 8.72. The van der Waals surface area contributed by atoms with Gasteiger partial charge in [-0.15, -0.1) is 0 Å². The van der Waals surface area contributed by atoms with Gasteiger partial charge in [0, 0.05) is 10.8 Å². The average molecular weight is 282 g/mol. The highest BCUT2D eigenvalue weighted by Gasteiger charge is 2.22. The number of aryl methyl sites for hydroxylation is 1. The summed E-state index contributed by atoms with van der Waals surface area (Å²) in [6.45, 7) is 3.65.